The third-order valence-electron chi connectivity index (χ3n) is 4.93. The van der Waals surface area contributed by atoms with Crippen molar-refractivity contribution in [3.63, 3.8) is 0 Å². The van der Waals surface area contributed by atoms with Gasteiger partial charge in [0.25, 0.3) is 0 Å². The van der Waals surface area contributed by atoms with Crippen molar-refractivity contribution in [2.75, 3.05) is 11.9 Å². The molecule has 0 saturated carbocycles. The highest BCUT2D eigenvalue weighted by molar-refractivity contribution is 9.09. The van der Waals surface area contributed by atoms with E-state index >= 15 is 0 Å². The van der Waals surface area contributed by atoms with Crippen LogP contribution >= 0.6 is 39.1 Å². The Balaban J connectivity index is 1.94. The molecule has 0 radical (unpaired) electrons. The number of hydrogen-bond donors (Lipinski definition) is 1. The van der Waals surface area contributed by atoms with E-state index in [0.29, 0.717) is 0 Å². The summed E-state index contributed by atoms with van der Waals surface area (Å²) in [7, 11) is 0. The number of rotatable bonds is 4. The molecule has 0 bridgehead atoms. The van der Waals surface area contributed by atoms with E-state index in [-0.39, 0.29) is 34.6 Å². The van der Waals surface area contributed by atoms with Crippen molar-refractivity contribution in [1.29, 1.82) is 0 Å². The van der Waals surface area contributed by atoms with E-state index in [0.717, 1.165) is 22.9 Å². The summed E-state index contributed by atoms with van der Waals surface area (Å²) < 4.78 is 42.3. The molecule has 1 fully saturated rings. The smallest absolute Gasteiger partial charge is 0.309 e. The molecule has 26 heavy (non-hydrogen) atoms. The van der Waals surface area contributed by atoms with E-state index in [9.17, 15) is 13.2 Å². The quantitative estimate of drug-likeness (QED) is 0.509. The minimum atomic E-state index is -4.42. The van der Waals surface area contributed by atoms with Gasteiger partial charge in [0, 0.05) is 28.0 Å². The topological polar surface area (TPSA) is 12.0 Å². The van der Waals surface area contributed by atoms with Crippen LogP contribution < -0.4 is 5.32 Å². The zero-order chi connectivity index (χ0) is 18.9. The van der Waals surface area contributed by atoms with Crippen molar-refractivity contribution in [3.05, 3.63) is 69.2 Å². The molecule has 0 aliphatic carbocycles. The van der Waals surface area contributed by atoms with Gasteiger partial charge in [-0.2, -0.15) is 13.2 Å². The molecule has 2 unspecified atom stereocenters. The fraction of sp³-hybridized carbons (Fsp3) is 0.368. The highest BCUT2D eigenvalue weighted by Gasteiger charge is 2.59. The monoisotopic (exact) mass is 465 g/mol. The van der Waals surface area contributed by atoms with Gasteiger partial charge < -0.3 is 5.32 Å². The molecule has 1 aliphatic rings. The van der Waals surface area contributed by atoms with E-state index in [4.69, 9.17) is 23.2 Å². The Kier molecular flexibility index (Phi) is 5.92. The number of alkyl halides is 4. The van der Waals surface area contributed by atoms with Gasteiger partial charge in [-0.1, -0.05) is 63.4 Å². The van der Waals surface area contributed by atoms with Gasteiger partial charge in [-0.05, 0) is 47.7 Å². The summed E-state index contributed by atoms with van der Waals surface area (Å²) in [5, 5.41) is 4.31. The molecule has 140 valence electrons. The number of halogens is 6. The van der Waals surface area contributed by atoms with Gasteiger partial charge in [0.2, 0.25) is 0 Å². The summed E-state index contributed by atoms with van der Waals surface area (Å²) in [6, 6.07) is 11.5. The number of nitrogens with one attached hydrogen (secondary N) is 1. The van der Waals surface area contributed by atoms with E-state index in [2.05, 4.69) is 21.2 Å². The van der Waals surface area contributed by atoms with E-state index in [1.54, 1.807) is 0 Å². The molecule has 1 aliphatic heterocycles. The lowest BCUT2D eigenvalue weighted by Crippen LogP contribution is -2.44. The van der Waals surface area contributed by atoms with Crippen LogP contribution in [0.25, 0.3) is 0 Å². The first-order valence-corrected chi connectivity index (χ1v) is 10.0. The predicted molar refractivity (Wildman–Crippen MR) is 103 cm³/mol. The third kappa shape index (κ3) is 3.91. The minimum Gasteiger partial charge on any atom is -0.309 e. The molecule has 1 saturated heterocycles. The Morgan fingerprint density at radius 3 is 2.23 bits per heavy atom. The summed E-state index contributed by atoms with van der Waals surface area (Å²) in [5.74, 6) is 0. The molecular weight excluding hydrogens is 450 g/mol. The van der Waals surface area contributed by atoms with E-state index in [1.807, 2.05) is 24.3 Å². The first-order chi connectivity index (χ1) is 12.2. The van der Waals surface area contributed by atoms with Crippen LogP contribution in [-0.2, 0) is 11.8 Å². The van der Waals surface area contributed by atoms with Gasteiger partial charge in [-0.3, -0.25) is 0 Å². The normalized spacial score (nSPS) is 23.4. The first kappa shape index (κ1) is 20.0. The summed E-state index contributed by atoms with van der Waals surface area (Å²) in [4.78, 5) is 0. The molecule has 1 nitrogen and oxygen atoms in total. The van der Waals surface area contributed by atoms with Crippen molar-refractivity contribution >= 4 is 39.1 Å². The second-order valence-corrected chi connectivity index (χ2v) is 8.22. The zero-order valence-electron chi connectivity index (χ0n) is 13.7. The van der Waals surface area contributed by atoms with Crippen molar-refractivity contribution in [1.82, 2.24) is 5.32 Å². The molecule has 1 heterocycles. The molecule has 2 atom stereocenters. The molecule has 1 N–H and O–H groups in total. The van der Waals surface area contributed by atoms with Crippen LogP contribution in [0.5, 0.6) is 0 Å². The summed E-state index contributed by atoms with van der Waals surface area (Å²) in [6.45, 7) is -0.207. The molecule has 7 heteroatoms. The highest BCUT2D eigenvalue weighted by Crippen LogP contribution is 2.50. The number of aryl methyl sites for hydroxylation is 1. The number of hydrogen-bond acceptors (Lipinski definition) is 1. The summed E-state index contributed by atoms with van der Waals surface area (Å²) in [6.07, 6.45) is -3.63. The van der Waals surface area contributed by atoms with Crippen molar-refractivity contribution in [3.8, 4) is 0 Å². The van der Waals surface area contributed by atoms with Gasteiger partial charge in [0.15, 0.2) is 0 Å². The Hall–Kier alpha value is -0.750. The Labute approximate surface area is 169 Å². The maximum absolute atomic E-state index is 14.1. The molecule has 0 spiro atoms. The van der Waals surface area contributed by atoms with Crippen LogP contribution in [0.2, 0.25) is 10.0 Å². The average Bonchev–Trinajstić information content (AvgIpc) is 3.01. The molecule has 0 amide bonds. The number of benzene rings is 2. The minimum absolute atomic E-state index is 0.0923. The Morgan fingerprint density at radius 1 is 1.08 bits per heavy atom. The molecular formula is C19H17BrCl2F3N. The fourth-order valence-electron chi connectivity index (χ4n) is 3.48. The van der Waals surface area contributed by atoms with E-state index in [1.165, 1.54) is 18.2 Å². The Morgan fingerprint density at radius 2 is 1.69 bits per heavy atom. The van der Waals surface area contributed by atoms with Gasteiger partial charge in [0.1, 0.15) is 5.41 Å². The standard InChI is InChI=1S/C19H17BrCl2F3N/c20-6-5-12-1-3-13(4-2-12)17-10-18(11-26-17,19(23,24)25)14-7-15(21)9-16(22)8-14/h1-4,7-9,17,26H,5-6,10-11H2. The van der Waals surface area contributed by atoms with E-state index < -0.39 is 11.6 Å². The van der Waals surface area contributed by atoms with Crippen LogP contribution in [0.4, 0.5) is 13.2 Å². The molecule has 0 aromatic heterocycles. The van der Waals surface area contributed by atoms with Crippen molar-refractivity contribution < 1.29 is 13.2 Å². The zero-order valence-corrected chi connectivity index (χ0v) is 16.8. The SMILES string of the molecule is FC(F)(F)C1(c2cc(Cl)cc(Cl)c2)CNC(c2ccc(CCBr)cc2)C1. The van der Waals surface area contributed by atoms with Crippen LogP contribution in [0.15, 0.2) is 42.5 Å². The van der Waals surface area contributed by atoms with Gasteiger partial charge in [-0.25, -0.2) is 0 Å². The highest BCUT2D eigenvalue weighted by atomic mass is 79.9. The lowest BCUT2D eigenvalue weighted by atomic mass is 9.77. The first-order valence-electron chi connectivity index (χ1n) is 8.17. The van der Waals surface area contributed by atoms with Gasteiger partial charge >= 0.3 is 6.18 Å². The van der Waals surface area contributed by atoms with Crippen LogP contribution in [0.1, 0.15) is 29.2 Å². The maximum atomic E-state index is 14.1. The lowest BCUT2D eigenvalue weighted by Gasteiger charge is -2.32. The fourth-order valence-corrected chi connectivity index (χ4v) is 4.47. The Bertz CT molecular complexity index is 759. The van der Waals surface area contributed by atoms with Crippen LogP contribution in [-0.4, -0.2) is 18.1 Å². The predicted octanol–water partition coefficient (Wildman–Crippen LogP) is 6.47. The maximum Gasteiger partial charge on any atom is 0.399 e. The van der Waals surface area contributed by atoms with Crippen molar-refractivity contribution in [2.45, 2.75) is 30.5 Å². The van der Waals surface area contributed by atoms with Crippen molar-refractivity contribution in [2.24, 2.45) is 0 Å². The average molecular weight is 467 g/mol. The molecule has 3 rings (SSSR count). The third-order valence-corrected chi connectivity index (χ3v) is 5.76. The summed E-state index contributed by atoms with van der Waals surface area (Å²) >= 11 is 15.3. The van der Waals surface area contributed by atoms with Crippen LogP contribution in [0.3, 0.4) is 0 Å². The van der Waals surface area contributed by atoms with Gasteiger partial charge in [-0.15, -0.1) is 0 Å². The van der Waals surface area contributed by atoms with Crippen LogP contribution in [0, 0.1) is 0 Å². The lowest BCUT2D eigenvalue weighted by molar-refractivity contribution is -0.185. The largest absolute Gasteiger partial charge is 0.399 e. The molecule has 2 aromatic rings. The summed E-state index contributed by atoms with van der Waals surface area (Å²) in [5.41, 5.74) is 0.0871. The van der Waals surface area contributed by atoms with Gasteiger partial charge in [0.05, 0.1) is 0 Å². The second-order valence-electron chi connectivity index (χ2n) is 6.56. The second kappa shape index (κ2) is 7.70. The molecule has 2 aromatic carbocycles.